The van der Waals surface area contributed by atoms with E-state index in [0.29, 0.717) is 0 Å². The van der Waals surface area contributed by atoms with Crippen LogP contribution in [-0.4, -0.2) is 25.2 Å². The Hall–Kier alpha value is -1.72. The lowest BCUT2D eigenvalue weighted by Crippen LogP contribution is -2.20. The fourth-order valence-corrected chi connectivity index (χ4v) is 1.39. The molecule has 3 nitrogen and oxygen atoms in total. The minimum absolute atomic E-state index is 0.160. The van der Waals surface area contributed by atoms with E-state index in [1.54, 1.807) is 0 Å². The summed E-state index contributed by atoms with van der Waals surface area (Å²) in [6, 6.07) is 3.46. The Bertz CT molecular complexity index is 413. The molecule has 0 aliphatic heterocycles. The van der Waals surface area contributed by atoms with Crippen LogP contribution in [0.1, 0.15) is 15.9 Å². The maximum Gasteiger partial charge on any atom is 0.419 e. The van der Waals surface area contributed by atoms with Gasteiger partial charge in [-0.1, -0.05) is 6.07 Å². The quantitative estimate of drug-likeness (QED) is 0.853. The van der Waals surface area contributed by atoms with E-state index in [1.165, 1.54) is 31.1 Å². The van der Waals surface area contributed by atoms with E-state index in [-0.39, 0.29) is 5.69 Å². The van der Waals surface area contributed by atoms with Crippen LogP contribution < -0.4 is 4.90 Å². The minimum Gasteiger partial charge on any atom is -0.478 e. The number of rotatable bonds is 2. The van der Waals surface area contributed by atoms with Crippen molar-refractivity contribution >= 4 is 11.7 Å². The van der Waals surface area contributed by atoms with Gasteiger partial charge in [-0.3, -0.25) is 0 Å². The van der Waals surface area contributed by atoms with Crippen molar-refractivity contribution in [2.24, 2.45) is 0 Å². The summed E-state index contributed by atoms with van der Waals surface area (Å²) in [5.74, 6) is -1.59. The summed E-state index contributed by atoms with van der Waals surface area (Å²) < 4.78 is 38.2. The lowest BCUT2D eigenvalue weighted by molar-refractivity contribution is -0.137. The third kappa shape index (κ3) is 2.26. The second-order valence-corrected chi connectivity index (χ2v) is 3.40. The number of hydrogen-bond donors (Lipinski definition) is 1. The maximum absolute atomic E-state index is 12.7. The molecule has 0 spiro atoms. The number of carboxylic acid groups (broad SMARTS) is 1. The van der Waals surface area contributed by atoms with Gasteiger partial charge in [-0.2, -0.15) is 13.2 Å². The van der Waals surface area contributed by atoms with Gasteiger partial charge in [0.05, 0.1) is 11.1 Å². The van der Waals surface area contributed by atoms with Crippen LogP contribution >= 0.6 is 0 Å². The van der Waals surface area contributed by atoms with Gasteiger partial charge in [-0.25, -0.2) is 4.79 Å². The van der Waals surface area contributed by atoms with Crippen molar-refractivity contribution < 1.29 is 23.1 Å². The van der Waals surface area contributed by atoms with Crippen LogP contribution in [0.5, 0.6) is 0 Å². The summed E-state index contributed by atoms with van der Waals surface area (Å²) in [5, 5.41) is 8.72. The molecule has 0 fully saturated rings. The van der Waals surface area contributed by atoms with Crippen molar-refractivity contribution in [3.8, 4) is 0 Å². The van der Waals surface area contributed by atoms with Crippen molar-refractivity contribution in [3.63, 3.8) is 0 Å². The molecular weight excluding hydrogens is 223 g/mol. The van der Waals surface area contributed by atoms with Crippen LogP contribution in [0.4, 0.5) is 18.9 Å². The molecule has 0 atom stereocenters. The van der Waals surface area contributed by atoms with Crippen molar-refractivity contribution in [2.75, 3.05) is 19.0 Å². The monoisotopic (exact) mass is 233 g/mol. The van der Waals surface area contributed by atoms with E-state index in [2.05, 4.69) is 0 Å². The molecule has 88 valence electrons. The van der Waals surface area contributed by atoms with Gasteiger partial charge < -0.3 is 10.0 Å². The van der Waals surface area contributed by atoms with Crippen LogP contribution in [0.15, 0.2) is 18.2 Å². The highest BCUT2D eigenvalue weighted by molar-refractivity contribution is 5.91. The van der Waals surface area contributed by atoms with Crippen LogP contribution in [0.3, 0.4) is 0 Å². The zero-order valence-electron chi connectivity index (χ0n) is 8.67. The van der Waals surface area contributed by atoms with Gasteiger partial charge in [0, 0.05) is 19.8 Å². The topological polar surface area (TPSA) is 40.5 Å². The fraction of sp³-hybridized carbons (Fsp3) is 0.300. The molecule has 1 aromatic rings. The number of carbonyl (C=O) groups is 1. The summed E-state index contributed by atoms with van der Waals surface area (Å²) in [6.07, 6.45) is -4.69. The Morgan fingerprint density at radius 1 is 1.31 bits per heavy atom. The largest absolute Gasteiger partial charge is 0.478 e. The first-order valence-corrected chi connectivity index (χ1v) is 4.36. The molecule has 1 N–H and O–H groups in total. The minimum atomic E-state index is -4.69. The van der Waals surface area contributed by atoms with Gasteiger partial charge in [0.15, 0.2) is 0 Å². The van der Waals surface area contributed by atoms with Gasteiger partial charge in [0.1, 0.15) is 0 Å². The fourth-order valence-electron chi connectivity index (χ4n) is 1.39. The molecule has 0 saturated carbocycles. The lowest BCUT2D eigenvalue weighted by atomic mass is 10.0. The van der Waals surface area contributed by atoms with Crippen LogP contribution in [0.25, 0.3) is 0 Å². The zero-order chi connectivity index (χ0) is 12.5. The van der Waals surface area contributed by atoms with Gasteiger partial charge in [0.25, 0.3) is 0 Å². The van der Waals surface area contributed by atoms with Gasteiger partial charge in [-0.05, 0) is 12.1 Å². The summed E-state index contributed by atoms with van der Waals surface area (Å²) in [4.78, 5) is 12.0. The van der Waals surface area contributed by atoms with Crippen molar-refractivity contribution in [2.45, 2.75) is 6.18 Å². The number of nitrogens with zero attached hydrogens (tertiary/aromatic N) is 1. The summed E-state index contributed by atoms with van der Waals surface area (Å²) in [6.45, 7) is 0. The second kappa shape index (κ2) is 4.03. The number of alkyl halides is 3. The molecule has 0 radical (unpaired) electrons. The van der Waals surface area contributed by atoms with E-state index in [4.69, 9.17) is 5.11 Å². The molecule has 0 bridgehead atoms. The van der Waals surface area contributed by atoms with Crippen molar-refractivity contribution in [1.82, 2.24) is 0 Å². The van der Waals surface area contributed by atoms with E-state index in [0.717, 1.165) is 6.07 Å². The highest BCUT2D eigenvalue weighted by Crippen LogP contribution is 2.38. The highest BCUT2D eigenvalue weighted by Gasteiger charge is 2.38. The Balaban J connectivity index is 3.54. The normalized spacial score (nSPS) is 11.3. The Kier molecular flexibility index (Phi) is 3.11. The average molecular weight is 233 g/mol. The highest BCUT2D eigenvalue weighted by atomic mass is 19.4. The maximum atomic E-state index is 12.7. The molecule has 0 aromatic heterocycles. The predicted octanol–water partition coefficient (Wildman–Crippen LogP) is 2.47. The Morgan fingerprint density at radius 3 is 2.25 bits per heavy atom. The first-order chi connectivity index (χ1) is 7.25. The first kappa shape index (κ1) is 12.4. The Labute approximate surface area is 90.1 Å². The third-order valence-electron chi connectivity index (χ3n) is 2.04. The molecule has 0 aliphatic rings. The Morgan fingerprint density at radius 2 is 1.88 bits per heavy atom. The van der Waals surface area contributed by atoms with E-state index >= 15 is 0 Å². The van der Waals surface area contributed by atoms with E-state index in [9.17, 15) is 18.0 Å². The molecule has 6 heteroatoms. The lowest BCUT2D eigenvalue weighted by Gasteiger charge is -2.20. The van der Waals surface area contributed by atoms with Crippen LogP contribution in [-0.2, 0) is 6.18 Å². The molecule has 0 heterocycles. The zero-order valence-corrected chi connectivity index (χ0v) is 8.67. The first-order valence-electron chi connectivity index (χ1n) is 4.36. The average Bonchev–Trinajstić information content (AvgIpc) is 2.15. The number of benzene rings is 1. The van der Waals surface area contributed by atoms with E-state index in [1.807, 2.05) is 0 Å². The molecule has 0 amide bonds. The van der Waals surface area contributed by atoms with Crippen molar-refractivity contribution in [1.29, 1.82) is 0 Å². The number of halogens is 3. The van der Waals surface area contributed by atoms with E-state index < -0.39 is 23.3 Å². The number of anilines is 1. The predicted molar refractivity (Wildman–Crippen MR) is 52.7 cm³/mol. The number of carboxylic acids is 1. The molecule has 0 aliphatic carbocycles. The van der Waals surface area contributed by atoms with Crippen LogP contribution in [0.2, 0.25) is 0 Å². The molecule has 0 saturated heterocycles. The SMILES string of the molecule is CN(C)c1cccc(C(=O)O)c1C(F)(F)F. The van der Waals surface area contributed by atoms with Gasteiger partial charge in [0.2, 0.25) is 0 Å². The molecule has 1 rings (SSSR count). The molecule has 16 heavy (non-hydrogen) atoms. The summed E-state index contributed by atoms with van der Waals surface area (Å²) in [5.41, 5.74) is -2.02. The third-order valence-corrected chi connectivity index (χ3v) is 2.04. The molecule has 1 aromatic carbocycles. The molecular formula is C10H10F3NO2. The van der Waals surface area contributed by atoms with Crippen LogP contribution in [0, 0.1) is 0 Å². The smallest absolute Gasteiger partial charge is 0.419 e. The second-order valence-electron chi connectivity index (χ2n) is 3.40. The number of aromatic carboxylic acids is 1. The molecule has 0 unspecified atom stereocenters. The summed E-state index contributed by atoms with van der Waals surface area (Å²) >= 11 is 0. The van der Waals surface area contributed by atoms with Gasteiger partial charge >= 0.3 is 12.1 Å². The standard InChI is InChI=1S/C10H10F3NO2/c1-14(2)7-5-3-4-6(9(15)16)8(7)10(11,12)13/h3-5H,1-2H3,(H,15,16). The van der Waals surface area contributed by atoms with Gasteiger partial charge in [-0.15, -0.1) is 0 Å². The number of hydrogen-bond acceptors (Lipinski definition) is 2. The summed E-state index contributed by atoms with van der Waals surface area (Å²) in [7, 11) is 2.85. The van der Waals surface area contributed by atoms with Crippen molar-refractivity contribution in [3.05, 3.63) is 29.3 Å².